The van der Waals surface area contributed by atoms with Crippen molar-refractivity contribution in [1.29, 1.82) is 0 Å². The Morgan fingerprint density at radius 1 is 1.17 bits per heavy atom. The van der Waals surface area contributed by atoms with Gasteiger partial charge in [-0.05, 0) is 75.9 Å². The van der Waals surface area contributed by atoms with E-state index in [9.17, 15) is 4.79 Å². The molecule has 0 saturated heterocycles. The zero-order valence-corrected chi connectivity index (χ0v) is 14.5. The highest BCUT2D eigenvalue weighted by Crippen LogP contribution is 2.40. The van der Waals surface area contributed by atoms with Gasteiger partial charge in [-0.15, -0.1) is 0 Å². The number of nitrogens with one attached hydrogen (secondary N) is 1. The molecule has 1 heterocycles. The van der Waals surface area contributed by atoms with Gasteiger partial charge in [0.1, 0.15) is 5.75 Å². The second-order valence-electron chi connectivity index (χ2n) is 6.68. The topological polar surface area (TPSA) is 51.2 Å². The molecule has 1 aliphatic carbocycles. The highest BCUT2D eigenvalue weighted by Gasteiger charge is 2.34. The highest BCUT2D eigenvalue weighted by molar-refractivity contribution is 5.94. The van der Waals surface area contributed by atoms with Crippen LogP contribution in [0.25, 0.3) is 0 Å². The van der Waals surface area contributed by atoms with Crippen LogP contribution < -0.4 is 10.1 Å². The van der Waals surface area contributed by atoms with E-state index in [1.807, 2.05) is 51.1 Å². The summed E-state index contributed by atoms with van der Waals surface area (Å²) in [6.07, 6.45) is 2.40. The van der Waals surface area contributed by atoms with Crippen molar-refractivity contribution < 1.29 is 9.53 Å². The summed E-state index contributed by atoms with van der Waals surface area (Å²) in [7, 11) is 0. The van der Waals surface area contributed by atoms with E-state index in [-0.39, 0.29) is 18.1 Å². The molecule has 0 aliphatic heterocycles. The second kappa shape index (κ2) is 7.04. The Morgan fingerprint density at radius 3 is 2.46 bits per heavy atom. The van der Waals surface area contributed by atoms with Gasteiger partial charge in [0, 0.05) is 11.3 Å². The van der Waals surface area contributed by atoms with Crippen molar-refractivity contribution in [1.82, 2.24) is 10.3 Å². The van der Waals surface area contributed by atoms with Gasteiger partial charge in [-0.25, -0.2) is 0 Å². The van der Waals surface area contributed by atoms with Crippen LogP contribution in [-0.2, 0) is 0 Å². The SMILES string of the molecule is Cc1cccc([C@@H](NC(=O)c2ccc(OC(C)C)cc2)C2CC2)n1. The molecule has 1 atom stereocenters. The molecule has 3 rings (SSSR count). The number of ether oxygens (including phenoxy) is 1. The van der Waals surface area contributed by atoms with E-state index in [0.717, 1.165) is 30.0 Å². The van der Waals surface area contributed by atoms with E-state index in [1.165, 1.54) is 0 Å². The lowest BCUT2D eigenvalue weighted by atomic mass is 10.1. The molecule has 0 bridgehead atoms. The molecule has 0 unspecified atom stereocenters. The third-order valence-electron chi connectivity index (χ3n) is 4.10. The van der Waals surface area contributed by atoms with Crippen LogP contribution in [0.3, 0.4) is 0 Å². The first kappa shape index (κ1) is 16.5. The van der Waals surface area contributed by atoms with E-state index < -0.39 is 0 Å². The fourth-order valence-electron chi connectivity index (χ4n) is 2.78. The van der Waals surface area contributed by atoms with Gasteiger partial charge in [0.25, 0.3) is 5.91 Å². The molecule has 1 amide bonds. The van der Waals surface area contributed by atoms with E-state index in [0.29, 0.717) is 11.5 Å². The van der Waals surface area contributed by atoms with Gasteiger partial charge in [-0.2, -0.15) is 0 Å². The highest BCUT2D eigenvalue weighted by atomic mass is 16.5. The van der Waals surface area contributed by atoms with Gasteiger partial charge in [-0.3, -0.25) is 9.78 Å². The van der Waals surface area contributed by atoms with Crippen molar-refractivity contribution in [2.24, 2.45) is 5.92 Å². The molecule has 0 radical (unpaired) electrons. The third-order valence-corrected chi connectivity index (χ3v) is 4.10. The quantitative estimate of drug-likeness (QED) is 0.872. The van der Waals surface area contributed by atoms with E-state index in [1.54, 1.807) is 12.1 Å². The van der Waals surface area contributed by atoms with Gasteiger partial charge in [0.15, 0.2) is 0 Å². The second-order valence-corrected chi connectivity index (χ2v) is 6.68. The number of rotatable bonds is 6. The molecule has 1 aliphatic rings. The summed E-state index contributed by atoms with van der Waals surface area (Å²) < 4.78 is 5.62. The normalized spacial score (nSPS) is 15.2. The maximum Gasteiger partial charge on any atom is 0.251 e. The average Bonchev–Trinajstić information content (AvgIpc) is 3.37. The average molecular weight is 324 g/mol. The predicted octanol–water partition coefficient (Wildman–Crippen LogP) is 4.06. The number of pyridine rings is 1. The molecule has 1 fully saturated rings. The molecule has 2 aromatic rings. The van der Waals surface area contributed by atoms with Crippen LogP contribution in [0.4, 0.5) is 0 Å². The van der Waals surface area contributed by atoms with Crippen molar-refractivity contribution in [2.45, 2.75) is 45.8 Å². The van der Waals surface area contributed by atoms with Crippen LogP contribution in [0.5, 0.6) is 5.75 Å². The number of nitrogens with zero attached hydrogens (tertiary/aromatic N) is 1. The Bertz CT molecular complexity index is 706. The van der Waals surface area contributed by atoms with Crippen LogP contribution in [0.2, 0.25) is 0 Å². The van der Waals surface area contributed by atoms with Crippen molar-refractivity contribution in [2.75, 3.05) is 0 Å². The standard InChI is InChI=1S/C20H24N2O2/c1-13(2)24-17-11-9-16(10-12-17)20(23)22-19(15-7-8-15)18-6-4-5-14(3)21-18/h4-6,9-13,15,19H,7-8H2,1-3H3,(H,22,23)/t19-/m0/s1. The third kappa shape index (κ3) is 4.13. The number of carbonyl (C=O) groups is 1. The van der Waals surface area contributed by atoms with Gasteiger partial charge in [0.2, 0.25) is 0 Å². The number of aryl methyl sites for hydroxylation is 1. The Kier molecular flexibility index (Phi) is 4.84. The van der Waals surface area contributed by atoms with Crippen LogP contribution in [-0.4, -0.2) is 17.0 Å². The molecule has 1 N–H and O–H groups in total. The molecule has 1 aromatic carbocycles. The largest absolute Gasteiger partial charge is 0.491 e. The van der Waals surface area contributed by atoms with Gasteiger partial charge >= 0.3 is 0 Å². The molecule has 24 heavy (non-hydrogen) atoms. The molecule has 4 heteroatoms. The zero-order chi connectivity index (χ0) is 17.1. The molecule has 1 aromatic heterocycles. The van der Waals surface area contributed by atoms with Crippen LogP contribution >= 0.6 is 0 Å². The number of amides is 1. The number of hydrogen-bond acceptors (Lipinski definition) is 3. The first-order valence-corrected chi connectivity index (χ1v) is 8.54. The number of benzene rings is 1. The molecule has 0 spiro atoms. The predicted molar refractivity (Wildman–Crippen MR) is 94.1 cm³/mol. The summed E-state index contributed by atoms with van der Waals surface area (Å²) in [4.78, 5) is 17.2. The fraction of sp³-hybridized carbons (Fsp3) is 0.400. The smallest absolute Gasteiger partial charge is 0.251 e. The maximum atomic E-state index is 12.6. The minimum atomic E-state index is -0.0636. The Hall–Kier alpha value is -2.36. The molecule has 126 valence electrons. The Morgan fingerprint density at radius 2 is 1.88 bits per heavy atom. The summed E-state index contributed by atoms with van der Waals surface area (Å²) in [5, 5.41) is 3.16. The molecular weight excluding hydrogens is 300 g/mol. The Balaban J connectivity index is 1.72. The summed E-state index contributed by atoms with van der Waals surface area (Å²) >= 11 is 0. The van der Waals surface area contributed by atoms with Gasteiger partial charge < -0.3 is 10.1 Å². The minimum Gasteiger partial charge on any atom is -0.491 e. The van der Waals surface area contributed by atoms with E-state index >= 15 is 0 Å². The van der Waals surface area contributed by atoms with Crippen molar-refractivity contribution in [3.05, 3.63) is 59.4 Å². The summed E-state index contributed by atoms with van der Waals surface area (Å²) in [6, 6.07) is 13.2. The van der Waals surface area contributed by atoms with Gasteiger partial charge in [-0.1, -0.05) is 6.07 Å². The lowest BCUT2D eigenvalue weighted by molar-refractivity contribution is 0.0930. The van der Waals surface area contributed by atoms with Gasteiger partial charge in [0.05, 0.1) is 17.8 Å². The van der Waals surface area contributed by atoms with Crippen LogP contribution in [0, 0.1) is 12.8 Å². The number of aromatic nitrogens is 1. The summed E-state index contributed by atoms with van der Waals surface area (Å²) in [5.74, 6) is 1.21. The summed E-state index contributed by atoms with van der Waals surface area (Å²) in [6.45, 7) is 5.94. The van der Waals surface area contributed by atoms with Crippen LogP contribution in [0.15, 0.2) is 42.5 Å². The zero-order valence-electron chi connectivity index (χ0n) is 14.5. The van der Waals surface area contributed by atoms with E-state index in [2.05, 4.69) is 10.3 Å². The Labute approximate surface area is 143 Å². The van der Waals surface area contributed by atoms with Crippen LogP contribution in [0.1, 0.15) is 54.5 Å². The monoisotopic (exact) mass is 324 g/mol. The fourth-order valence-corrected chi connectivity index (χ4v) is 2.78. The maximum absolute atomic E-state index is 12.6. The number of carbonyl (C=O) groups excluding carboxylic acids is 1. The molecular formula is C20H24N2O2. The number of hydrogen-bond donors (Lipinski definition) is 1. The first-order chi connectivity index (χ1) is 11.5. The molecule has 4 nitrogen and oxygen atoms in total. The summed E-state index contributed by atoms with van der Waals surface area (Å²) in [5.41, 5.74) is 2.57. The van der Waals surface area contributed by atoms with Crippen molar-refractivity contribution in [3.8, 4) is 5.75 Å². The molecule has 1 saturated carbocycles. The first-order valence-electron chi connectivity index (χ1n) is 8.54. The lowest BCUT2D eigenvalue weighted by Crippen LogP contribution is -2.30. The van der Waals surface area contributed by atoms with E-state index in [4.69, 9.17) is 4.74 Å². The minimum absolute atomic E-state index is 0.0102. The van der Waals surface area contributed by atoms with Crippen molar-refractivity contribution >= 4 is 5.91 Å². The lowest BCUT2D eigenvalue weighted by Gasteiger charge is -2.18. The van der Waals surface area contributed by atoms with Crippen molar-refractivity contribution in [3.63, 3.8) is 0 Å².